The number of hydrogen-bond acceptors (Lipinski definition) is 12. The first-order chi connectivity index (χ1) is 22.4. The summed E-state index contributed by atoms with van der Waals surface area (Å²) in [5.74, 6) is -0.787. The van der Waals surface area contributed by atoms with Crippen molar-refractivity contribution in [3.63, 3.8) is 0 Å². The zero-order valence-electron chi connectivity index (χ0n) is 25.5. The summed E-state index contributed by atoms with van der Waals surface area (Å²) in [6, 6.07) is 13.1. The molecule has 0 spiro atoms. The van der Waals surface area contributed by atoms with Gasteiger partial charge in [0.1, 0.15) is 23.7 Å². The first-order valence-electron chi connectivity index (χ1n) is 15.1. The van der Waals surface area contributed by atoms with Gasteiger partial charge in [-0.3, -0.25) is 0 Å². The second-order valence-corrected chi connectivity index (χ2v) is 10.4. The van der Waals surface area contributed by atoms with Crippen LogP contribution in [0.1, 0.15) is 46.4 Å². The maximum absolute atomic E-state index is 12.8. The van der Waals surface area contributed by atoms with Gasteiger partial charge in [0, 0.05) is 12.2 Å². The van der Waals surface area contributed by atoms with Crippen LogP contribution in [0.3, 0.4) is 0 Å². The summed E-state index contributed by atoms with van der Waals surface area (Å²) in [7, 11) is 0. The molecule has 4 rings (SSSR count). The number of unbranched alkanes of at least 4 members (excludes halogenated alkanes) is 2. The molecule has 2 aliphatic rings. The van der Waals surface area contributed by atoms with Crippen LogP contribution in [0.4, 0.5) is 0 Å². The van der Waals surface area contributed by atoms with Crippen molar-refractivity contribution >= 4 is 23.9 Å². The Balaban J connectivity index is 1.15. The van der Waals surface area contributed by atoms with Crippen LogP contribution in [0, 0.1) is 0 Å². The molecule has 2 aliphatic heterocycles. The molecule has 12 heteroatoms. The summed E-state index contributed by atoms with van der Waals surface area (Å²) in [6.45, 7) is 8.36. The highest BCUT2D eigenvalue weighted by atomic mass is 16.7. The first-order valence-corrected chi connectivity index (χ1v) is 15.1. The van der Waals surface area contributed by atoms with Crippen molar-refractivity contribution in [2.24, 2.45) is 0 Å². The van der Waals surface area contributed by atoms with E-state index in [-0.39, 0.29) is 13.2 Å². The zero-order chi connectivity index (χ0) is 32.7. The van der Waals surface area contributed by atoms with Crippen molar-refractivity contribution in [3.8, 4) is 11.5 Å². The molecule has 12 nitrogen and oxygen atoms in total. The number of esters is 4. The molecule has 2 fully saturated rings. The van der Waals surface area contributed by atoms with E-state index in [1.807, 2.05) is 0 Å². The van der Waals surface area contributed by atoms with Gasteiger partial charge in [-0.05, 0) is 74.2 Å². The minimum atomic E-state index is -0.655. The standard InChI is InChI=1S/C34H38O12/c1-3-29(35)41-19-7-5-17-39-25-13-9-23(10-14-25)33(37)45-27-21-43-32-28(22-44-31(27)32)46-34(38)24-11-15-26(16-12-24)40-18-6-8-20-42-30(36)4-2/h3-4,9-16,27-28,31-32H,1-2,5-8,17-22H2/t27-,28-,31-,32?/m1/s1. The molecule has 0 bridgehead atoms. The van der Waals surface area contributed by atoms with Crippen LogP contribution >= 0.6 is 0 Å². The van der Waals surface area contributed by atoms with Crippen molar-refractivity contribution in [2.75, 3.05) is 39.6 Å². The molecule has 4 atom stereocenters. The van der Waals surface area contributed by atoms with Crippen molar-refractivity contribution in [2.45, 2.75) is 50.1 Å². The third-order valence-corrected chi connectivity index (χ3v) is 7.10. The molecule has 246 valence electrons. The SMILES string of the molecule is C=CC(=O)OCCCCOc1ccc(C(=O)O[C@@H]2CO[C@H]3C2OC[C@H]3OC(=O)c2ccc(OCCCCOC(=O)C=C)cc2)cc1. The average Bonchev–Trinajstić information content (AvgIpc) is 3.67. The largest absolute Gasteiger partial charge is 0.494 e. The van der Waals surface area contributed by atoms with Crippen molar-refractivity contribution in [3.05, 3.63) is 85.0 Å². The molecule has 2 aromatic carbocycles. The van der Waals surface area contributed by atoms with E-state index in [2.05, 4.69) is 13.2 Å². The molecule has 0 saturated carbocycles. The lowest BCUT2D eigenvalue weighted by molar-refractivity contribution is -0.138. The summed E-state index contributed by atoms with van der Waals surface area (Å²) in [5.41, 5.74) is 0.684. The molecular formula is C34H38O12. The number of ether oxygens (including phenoxy) is 8. The summed E-state index contributed by atoms with van der Waals surface area (Å²) < 4.78 is 44.1. The number of hydrogen-bond donors (Lipinski definition) is 0. The Bertz CT molecular complexity index is 1230. The number of benzene rings is 2. The van der Waals surface area contributed by atoms with Gasteiger partial charge in [0.05, 0.1) is 50.8 Å². The lowest BCUT2D eigenvalue weighted by atomic mass is 10.1. The predicted octanol–water partition coefficient (Wildman–Crippen LogP) is 4.01. The zero-order valence-corrected chi connectivity index (χ0v) is 25.5. The summed E-state index contributed by atoms with van der Waals surface area (Å²) in [5, 5.41) is 0. The number of carbonyl (C=O) groups is 4. The molecule has 0 amide bonds. The topological polar surface area (TPSA) is 142 Å². The Labute approximate surface area is 267 Å². The van der Waals surface area contributed by atoms with E-state index in [1.54, 1.807) is 48.5 Å². The lowest BCUT2D eigenvalue weighted by Crippen LogP contribution is -2.36. The normalized spacial score (nSPS) is 19.7. The van der Waals surface area contributed by atoms with Gasteiger partial charge in [-0.1, -0.05) is 13.2 Å². The first kappa shape index (κ1) is 34.2. The summed E-state index contributed by atoms with van der Waals surface area (Å²) in [6.07, 6.45) is 2.50. The molecule has 0 radical (unpaired) electrons. The molecule has 2 saturated heterocycles. The van der Waals surface area contributed by atoms with E-state index in [4.69, 9.17) is 37.9 Å². The van der Waals surface area contributed by atoms with E-state index in [0.717, 1.165) is 12.2 Å². The Morgan fingerprint density at radius 2 is 0.978 bits per heavy atom. The van der Waals surface area contributed by atoms with E-state index < -0.39 is 48.3 Å². The number of fused-ring (bicyclic) bond motifs is 1. The molecular weight excluding hydrogens is 600 g/mol. The van der Waals surface area contributed by atoms with Crippen LogP contribution < -0.4 is 9.47 Å². The van der Waals surface area contributed by atoms with Gasteiger partial charge in [-0.25, -0.2) is 19.2 Å². The van der Waals surface area contributed by atoms with E-state index >= 15 is 0 Å². The van der Waals surface area contributed by atoms with Crippen LogP contribution in [0.15, 0.2) is 73.8 Å². The number of carbonyl (C=O) groups excluding carboxylic acids is 4. The van der Waals surface area contributed by atoms with Crippen molar-refractivity contribution in [1.82, 2.24) is 0 Å². The molecule has 0 N–H and O–H groups in total. The van der Waals surface area contributed by atoms with Crippen LogP contribution in [0.2, 0.25) is 0 Å². The minimum Gasteiger partial charge on any atom is -0.494 e. The Kier molecular flexibility index (Phi) is 13.2. The summed E-state index contributed by atoms with van der Waals surface area (Å²) in [4.78, 5) is 47.6. The Morgan fingerprint density at radius 3 is 1.35 bits per heavy atom. The second-order valence-electron chi connectivity index (χ2n) is 10.4. The summed E-state index contributed by atoms with van der Waals surface area (Å²) >= 11 is 0. The second kappa shape index (κ2) is 17.7. The van der Waals surface area contributed by atoms with Gasteiger partial charge in [0.15, 0.2) is 12.2 Å². The molecule has 1 unspecified atom stereocenters. The fourth-order valence-corrected chi connectivity index (χ4v) is 4.67. The minimum absolute atomic E-state index is 0.112. The Hall–Kier alpha value is -4.68. The monoisotopic (exact) mass is 638 g/mol. The maximum Gasteiger partial charge on any atom is 0.338 e. The van der Waals surface area contributed by atoms with Gasteiger partial charge < -0.3 is 37.9 Å². The van der Waals surface area contributed by atoms with Crippen LogP contribution in [-0.4, -0.2) is 87.9 Å². The molecule has 0 aliphatic carbocycles. The third kappa shape index (κ3) is 10.2. The lowest BCUT2D eigenvalue weighted by Gasteiger charge is -2.17. The van der Waals surface area contributed by atoms with Crippen LogP contribution in [-0.2, 0) is 38.0 Å². The smallest absolute Gasteiger partial charge is 0.338 e. The van der Waals surface area contributed by atoms with Crippen LogP contribution in [0.25, 0.3) is 0 Å². The van der Waals surface area contributed by atoms with Gasteiger partial charge in [-0.2, -0.15) is 0 Å². The highest BCUT2D eigenvalue weighted by Crippen LogP contribution is 2.31. The fraction of sp³-hybridized carbons (Fsp3) is 0.412. The molecule has 2 aromatic rings. The van der Waals surface area contributed by atoms with E-state index in [1.165, 1.54) is 0 Å². The molecule has 2 heterocycles. The molecule has 46 heavy (non-hydrogen) atoms. The van der Waals surface area contributed by atoms with Gasteiger partial charge in [0.2, 0.25) is 0 Å². The molecule has 0 aromatic heterocycles. The van der Waals surface area contributed by atoms with Gasteiger partial charge >= 0.3 is 23.9 Å². The highest BCUT2D eigenvalue weighted by molar-refractivity contribution is 5.90. The predicted molar refractivity (Wildman–Crippen MR) is 163 cm³/mol. The van der Waals surface area contributed by atoms with Crippen molar-refractivity contribution < 1.29 is 57.1 Å². The van der Waals surface area contributed by atoms with Gasteiger partial charge in [-0.15, -0.1) is 0 Å². The van der Waals surface area contributed by atoms with Crippen molar-refractivity contribution in [1.29, 1.82) is 0 Å². The van der Waals surface area contributed by atoms with Crippen LogP contribution in [0.5, 0.6) is 11.5 Å². The average molecular weight is 639 g/mol. The van der Waals surface area contributed by atoms with E-state index in [9.17, 15) is 19.2 Å². The number of rotatable bonds is 18. The fourth-order valence-electron chi connectivity index (χ4n) is 4.67. The third-order valence-electron chi connectivity index (χ3n) is 7.10. The quantitative estimate of drug-likeness (QED) is 0.101. The van der Waals surface area contributed by atoms with Gasteiger partial charge in [0.25, 0.3) is 0 Å². The highest BCUT2D eigenvalue weighted by Gasteiger charge is 2.51. The maximum atomic E-state index is 12.8. The Morgan fingerprint density at radius 1 is 0.609 bits per heavy atom. The van der Waals surface area contributed by atoms with E-state index in [0.29, 0.717) is 74.7 Å².